The number of aromatic nitrogens is 2. The third-order valence-electron chi connectivity index (χ3n) is 6.52. The zero-order valence-corrected chi connectivity index (χ0v) is 20.3. The van der Waals surface area contributed by atoms with Crippen molar-refractivity contribution in [1.82, 2.24) is 24.5 Å². The van der Waals surface area contributed by atoms with Gasteiger partial charge < -0.3 is 9.84 Å². The number of nitrogens with zero attached hydrogens (tertiary/aromatic N) is 4. The lowest BCUT2D eigenvalue weighted by Gasteiger charge is -2.30. The van der Waals surface area contributed by atoms with E-state index >= 15 is 0 Å². The van der Waals surface area contributed by atoms with Gasteiger partial charge in [0.05, 0.1) is 12.1 Å². The summed E-state index contributed by atoms with van der Waals surface area (Å²) < 4.78 is 35.3. The molecule has 9 nitrogen and oxygen atoms in total. The van der Waals surface area contributed by atoms with E-state index in [1.807, 2.05) is 37.5 Å². The van der Waals surface area contributed by atoms with Gasteiger partial charge in [0, 0.05) is 63.1 Å². The number of likely N-dealkylation sites (N-methyl/N-ethyl adjacent to an activating group) is 1. The number of benzene rings is 1. The van der Waals surface area contributed by atoms with Crippen LogP contribution in [0, 0.1) is 0 Å². The number of aliphatic hydroxyl groups excluding tert-OH is 1. The fraction of sp³-hybridized carbons (Fsp3) is 0.360. The molecule has 3 aromatic rings. The Balaban J connectivity index is 1.51. The highest BCUT2D eigenvalue weighted by atomic mass is 32.2. The van der Waals surface area contributed by atoms with Gasteiger partial charge >= 0.3 is 0 Å². The number of hydrogen-bond acceptors (Lipinski definition) is 8. The standard InChI is InChI=1S/C25H29N5O4S/c1-29-15-21(31)13-28-35(32,33)25-7-6-19(20-5-3-9-27-12-20)10-23(25)34-24-17-30(16-22(24)29)14-18-4-2-8-26-11-18/h2-12,21-22,24,28,31H,13-17H2,1H3/t21-,22+,24-/m0/s1. The topological polar surface area (TPSA) is 108 Å². The Labute approximate surface area is 205 Å². The van der Waals surface area contributed by atoms with Crippen molar-refractivity contribution >= 4 is 10.0 Å². The van der Waals surface area contributed by atoms with Gasteiger partial charge in [0.25, 0.3) is 0 Å². The van der Waals surface area contributed by atoms with Crippen LogP contribution in [0.5, 0.6) is 5.75 Å². The number of rotatable bonds is 3. The molecule has 1 saturated heterocycles. The van der Waals surface area contributed by atoms with Crippen LogP contribution < -0.4 is 9.46 Å². The van der Waals surface area contributed by atoms with Crippen molar-refractivity contribution in [3.05, 3.63) is 72.8 Å². The summed E-state index contributed by atoms with van der Waals surface area (Å²) in [5.74, 6) is 0.293. The Morgan fingerprint density at radius 2 is 1.86 bits per heavy atom. The van der Waals surface area contributed by atoms with Crippen LogP contribution >= 0.6 is 0 Å². The van der Waals surface area contributed by atoms with Gasteiger partial charge in [-0.3, -0.25) is 19.8 Å². The van der Waals surface area contributed by atoms with Crippen LogP contribution in [-0.2, 0) is 16.6 Å². The van der Waals surface area contributed by atoms with Crippen LogP contribution in [-0.4, -0.2) is 84.8 Å². The Kier molecular flexibility index (Phi) is 6.81. The summed E-state index contributed by atoms with van der Waals surface area (Å²) in [7, 11) is -1.95. The van der Waals surface area contributed by atoms with Crippen molar-refractivity contribution in [3.8, 4) is 16.9 Å². The van der Waals surface area contributed by atoms with Crippen LogP contribution in [0.2, 0.25) is 0 Å². The molecule has 184 valence electrons. The van der Waals surface area contributed by atoms with Crippen molar-refractivity contribution in [2.75, 3.05) is 33.2 Å². The molecule has 10 heteroatoms. The molecule has 0 aliphatic carbocycles. The molecule has 0 amide bonds. The van der Waals surface area contributed by atoms with Gasteiger partial charge in [-0.25, -0.2) is 13.1 Å². The quantitative estimate of drug-likeness (QED) is 0.561. The second kappa shape index (κ2) is 10.00. The molecule has 4 heterocycles. The van der Waals surface area contributed by atoms with Crippen LogP contribution in [0.3, 0.4) is 0 Å². The summed E-state index contributed by atoms with van der Waals surface area (Å²) in [5.41, 5.74) is 2.78. The van der Waals surface area contributed by atoms with E-state index in [0.29, 0.717) is 25.4 Å². The molecule has 35 heavy (non-hydrogen) atoms. The van der Waals surface area contributed by atoms with E-state index in [4.69, 9.17) is 4.74 Å². The summed E-state index contributed by atoms with van der Waals surface area (Å²) in [6, 6.07) is 12.8. The highest BCUT2D eigenvalue weighted by Crippen LogP contribution is 2.33. The summed E-state index contributed by atoms with van der Waals surface area (Å²) in [6.45, 7) is 2.30. The zero-order valence-electron chi connectivity index (χ0n) is 19.5. The van der Waals surface area contributed by atoms with Gasteiger partial charge in [-0.15, -0.1) is 0 Å². The predicted molar refractivity (Wildman–Crippen MR) is 131 cm³/mol. The second-order valence-corrected chi connectivity index (χ2v) is 10.9. The zero-order chi connectivity index (χ0) is 24.4. The number of sulfonamides is 1. The van der Waals surface area contributed by atoms with Crippen molar-refractivity contribution < 1.29 is 18.3 Å². The van der Waals surface area contributed by atoms with E-state index in [1.165, 1.54) is 0 Å². The fourth-order valence-electron chi connectivity index (χ4n) is 4.77. The molecular weight excluding hydrogens is 466 g/mol. The first kappa shape index (κ1) is 23.8. The van der Waals surface area contributed by atoms with E-state index in [2.05, 4.69) is 24.5 Å². The minimum atomic E-state index is -3.89. The van der Waals surface area contributed by atoms with Gasteiger partial charge in [-0.2, -0.15) is 0 Å². The summed E-state index contributed by atoms with van der Waals surface area (Å²) in [4.78, 5) is 12.8. The van der Waals surface area contributed by atoms with Gasteiger partial charge in [0.15, 0.2) is 0 Å². The Morgan fingerprint density at radius 1 is 1.06 bits per heavy atom. The number of β-amino-alcohol motifs (C(OH)–C–C–N with tert-alkyl or cyclic N) is 1. The number of pyridine rings is 2. The third-order valence-corrected chi connectivity index (χ3v) is 7.98. The average Bonchev–Trinajstić information content (AvgIpc) is 3.25. The van der Waals surface area contributed by atoms with Crippen LogP contribution in [0.25, 0.3) is 11.1 Å². The SMILES string of the molecule is CN1C[C@@H](O)CNS(=O)(=O)c2ccc(-c3cccnc3)cc2O[C@H]2CN(Cc3cccnc3)C[C@H]21. The maximum atomic E-state index is 13.2. The molecule has 1 fully saturated rings. The predicted octanol–water partition coefficient (Wildman–Crippen LogP) is 1.36. The van der Waals surface area contributed by atoms with Gasteiger partial charge in [0.1, 0.15) is 16.7 Å². The molecule has 2 aliphatic rings. The first-order valence-corrected chi connectivity index (χ1v) is 13.1. The highest BCUT2D eigenvalue weighted by Gasteiger charge is 2.39. The number of hydrogen-bond donors (Lipinski definition) is 2. The maximum absolute atomic E-state index is 13.2. The lowest BCUT2D eigenvalue weighted by atomic mass is 10.1. The molecule has 0 radical (unpaired) electrons. The van der Waals surface area contributed by atoms with E-state index in [0.717, 1.165) is 23.2 Å². The smallest absolute Gasteiger partial charge is 0.244 e. The first-order chi connectivity index (χ1) is 16.9. The summed E-state index contributed by atoms with van der Waals surface area (Å²) in [5, 5.41) is 10.5. The minimum Gasteiger partial charge on any atom is -0.486 e. The second-order valence-electron chi connectivity index (χ2n) is 9.13. The number of aliphatic hydroxyl groups is 1. The number of likely N-dealkylation sites (tertiary alicyclic amines) is 1. The molecule has 2 aliphatic heterocycles. The summed E-state index contributed by atoms with van der Waals surface area (Å²) >= 11 is 0. The largest absolute Gasteiger partial charge is 0.486 e. The van der Waals surface area contributed by atoms with E-state index in [1.54, 1.807) is 36.8 Å². The molecular formula is C25H29N5O4S. The van der Waals surface area contributed by atoms with Crippen LogP contribution in [0.1, 0.15) is 5.56 Å². The van der Waals surface area contributed by atoms with Crippen molar-refractivity contribution in [2.24, 2.45) is 0 Å². The monoisotopic (exact) mass is 495 g/mol. The van der Waals surface area contributed by atoms with E-state index in [-0.39, 0.29) is 23.6 Å². The number of nitrogens with one attached hydrogen (secondary N) is 1. The normalized spacial score (nSPS) is 25.1. The van der Waals surface area contributed by atoms with Crippen LogP contribution in [0.4, 0.5) is 0 Å². The maximum Gasteiger partial charge on any atom is 0.244 e. The van der Waals surface area contributed by atoms with Gasteiger partial charge in [0.2, 0.25) is 10.0 Å². The molecule has 1 aromatic carbocycles. The lowest BCUT2D eigenvalue weighted by molar-refractivity contribution is 0.0713. The molecule has 0 saturated carbocycles. The highest BCUT2D eigenvalue weighted by molar-refractivity contribution is 7.89. The average molecular weight is 496 g/mol. The minimum absolute atomic E-state index is 0.0305. The molecule has 0 spiro atoms. The van der Waals surface area contributed by atoms with Crippen molar-refractivity contribution in [1.29, 1.82) is 0 Å². The van der Waals surface area contributed by atoms with Crippen molar-refractivity contribution in [3.63, 3.8) is 0 Å². The Bertz CT molecular complexity index is 1260. The van der Waals surface area contributed by atoms with Crippen LogP contribution in [0.15, 0.2) is 72.1 Å². The molecule has 2 aromatic heterocycles. The van der Waals surface area contributed by atoms with Gasteiger partial charge in [-0.1, -0.05) is 18.2 Å². The lowest BCUT2D eigenvalue weighted by Crippen LogP contribution is -2.47. The molecule has 0 unspecified atom stereocenters. The Morgan fingerprint density at radius 3 is 2.60 bits per heavy atom. The summed E-state index contributed by atoms with van der Waals surface area (Å²) in [6.07, 6.45) is 5.89. The molecule has 2 N–H and O–H groups in total. The van der Waals surface area contributed by atoms with E-state index < -0.39 is 16.1 Å². The molecule has 3 atom stereocenters. The van der Waals surface area contributed by atoms with Gasteiger partial charge in [-0.05, 0) is 42.4 Å². The number of ether oxygens (including phenoxy) is 1. The third kappa shape index (κ3) is 5.36. The fourth-order valence-corrected chi connectivity index (χ4v) is 5.95. The van der Waals surface area contributed by atoms with E-state index in [9.17, 15) is 13.5 Å². The molecule has 5 rings (SSSR count). The first-order valence-electron chi connectivity index (χ1n) is 11.6. The van der Waals surface area contributed by atoms with Crippen molar-refractivity contribution in [2.45, 2.75) is 29.7 Å². The number of fused-ring (bicyclic) bond motifs is 2. The molecule has 0 bridgehead atoms. The Hall–Kier alpha value is -2.89.